The molecule has 4 heterocycles. The first-order valence-corrected chi connectivity index (χ1v) is 24.2. The molecule has 63 heavy (non-hydrogen) atoms. The number of fused-ring (bicyclic) bond motifs is 2. The summed E-state index contributed by atoms with van der Waals surface area (Å²) in [7, 11) is -2.69. The van der Waals surface area contributed by atoms with Crippen molar-refractivity contribution in [3.63, 3.8) is 0 Å². The lowest BCUT2D eigenvalue weighted by molar-refractivity contribution is -0.143. The van der Waals surface area contributed by atoms with Crippen LogP contribution in [-0.4, -0.2) is 113 Å². The summed E-state index contributed by atoms with van der Waals surface area (Å²) in [5, 5.41) is 4.35. The predicted molar refractivity (Wildman–Crippen MR) is 237 cm³/mol. The second kappa shape index (κ2) is 16.9. The number of methoxy groups -OCH3 is 1. The zero-order valence-corrected chi connectivity index (χ0v) is 37.4. The smallest absolute Gasteiger partial charge is 0.321 e. The Morgan fingerprint density at radius 1 is 1.02 bits per heavy atom. The van der Waals surface area contributed by atoms with Crippen molar-refractivity contribution in [3.8, 4) is 22.2 Å². The number of ether oxygens (including phenoxy) is 2. The molecule has 5 aliphatic rings. The van der Waals surface area contributed by atoms with Gasteiger partial charge in [-0.1, -0.05) is 51.0 Å². The number of pyridine rings is 1. The third kappa shape index (κ3) is 8.02. The van der Waals surface area contributed by atoms with Gasteiger partial charge in [0, 0.05) is 53.9 Å². The Hall–Kier alpha value is -5.55. The van der Waals surface area contributed by atoms with Crippen LogP contribution in [-0.2, 0) is 37.2 Å². The zero-order chi connectivity index (χ0) is 44.2. The number of sulfonamides is 1. The van der Waals surface area contributed by atoms with Crippen molar-refractivity contribution in [3.05, 3.63) is 77.8 Å². The van der Waals surface area contributed by atoms with Gasteiger partial charge in [-0.05, 0) is 68.7 Å². The predicted octanol–water partition coefficient (Wildman–Crippen LogP) is 5.47. The molecule has 15 nitrogen and oxygen atoms in total. The minimum Gasteiger partial charge on any atom is -0.497 e. The monoisotopic (exact) mass is 895 g/mol. The standard InChI is InChI=1S/C46H53N7O8S2/c1-5-28-25-46(28,44(56)50-63(58,59)32-14-7-6-8-15-32)49-41(54)37-23-31(26-53(37)43(55)40(27(2)3)52-21-20-51(45(52)57)29-12-9-10-13-29)61-38-24-36(42-48-34-16-11-17-39(34)62-42)47-35-22-30(60-4)18-19-33(35)38/h5-8,14-15,18-19,22,24,27-29,31,37,40H,1,9-13,16-17,20-21,23,25-26H2,2-4H3,(H,49,54)(H,50,56)/t28-,31-,37+,40+,46-/m1/s1. The minimum atomic E-state index is -4.28. The number of urea groups is 1. The van der Waals surface area contributed by atoms with Gasteiger partial charge in [0.2, 0.25) is 11.8 Å². The van der Waals surface area contributed by atoms with Crippen LogP contribution < -0.4 is 19.5 Å². The maximum atomic E-state index is 15.1. The lowest BCUT2D eigenvalue weighted by Crippen LogP contribution is -2.59. The van der Waals surface area contributed by atoms with E-state index in [2.05, 4.69) is 16.6 Å². The molecule has 2 N–H and O–H groups in total. The van der Waals surface area contributed by atoms with Gasteiger partial charge in [-0.2, -0.15) is 0 Å². The van der Waals surface area contributed by atoms with Crippen LogP contribution in [0, 0.1) is 11.8 Å². The number of nitrogens with zero attached hydrogens (tertiary/aromatic N) is 5. The first-order chi connectivity index (χ1) is 30.3. The van der Waals surface area contributed by atoms with Crippen LogP contribution in [0.3, 0.4) is 0 Å². The molecule has 0 spiro atoms. The fourth-order valence-electron chi connectivity index (χ4n) is 9.91. The summed E-state index contributed by atoms with van der Waals surface area (Å²) in [5.41, 5.74) is 0.721. The van der Waals surface area contributed by atoms with E-state index in [0.717, 1.165) is 55.6 Å². The SMILES string of the molecule is C=C[C@@H]1C[C@]1(NC(=O)[C@@H]1C[C@@H](Oc2cc(-c3nc4c(s3)CCC4)nc3cc(OC)ccc23)CN1C(=O)[C@H](C(C)C)N1CCN(C2CCCC2)C1=O)C(=O)NS(=O)(=O)c1ccccc1. The highest BCUT2D eigenvalue weighted by Gasteiger charge is 2.61. The Kier molecular flexibility index (Phi) is 11.4. The van der Waals surface area contributed by atoms with Crippen molar-refractivity contribution in [2.24, 2.45) is 11.8 Å². The summed E-state index contributed by atoms with van der Waals surface area (Å²) < 4.78 is 41.2. The number of rotatable bonds is 14. The van der Waals surface area contributed by atoms with E-state index >= 15 is 4.79 Å². The zero-order valence-electron chi connectivity index (χ0n) is 35.7. The van der Waals surface area contributed by atoms with Crippen molar-refractivity contribution in [2.45, 2.75) is 106 Å². The third-order valence-electron chi connectivity index (χ3n) is 13.3. The van der Waals surface area contributed by atoms with Crippen LogP contribution in [0.1, 0.15) is 69.4 Å². The number of amides is 5. The van der Waals surface area contributed by atoms with E-state index in [1.807, 2.05) is 43.0 Å². The Morgan fingerprint density at radius 2 is 1.79 bits per heavy atom. The number of carbonyl (C=O) groups is 4. The Labute approximate surface area is 371 Å². The molecular formula is C46H53N7O8S2. The number of nitrogens with one attached hydrogen (secondary N) is 2. The number of aromatic nitrogens is 2. The van der Waals surface area contributed by atoms with Gasteiger partial charge in [-0.15, -0.1) is 17.9 Å². The van der Waals surface area contributed by atoms with Gasteiger partial charge in [0.15, 0.2) is 0 Å². The molecule has 0 bridgehead atoms. The molecule has 5 atom stereocenters. The van der Waals surface area contributed by atoms with Gasteiger partial charge < -0.3 is 29.5 Å². The third-order valence-corrected chi connectivity index (χ3v) is 15.9. The number of benzene rings is 2. The summed E-state index contributed by atoms with van der Waals surface area (Å²) in [6, 6.07) is 12.8. The highest BCUT2D eigenvalue weighted by Crippen LogP contribution is 2.46. The second-order valence-corrected chi connectivity index (χ2v) is 20.4. The van der Waals surface area contributed by atoms with E-state index in [1.165, 1.54) is 28.0 Å². The van der Waals surface area contributed by atoms with Crippen LogP contribution in [0.5, 0.6) is 11.5 Å². The molecule has 2 aromatic heterocycles. The minimum absolute atomic E-state index is 0.00182. The molecule has 5 amide bonds. The van der Waals surface area contributed by atoms with Crippen LogP contribution in [0.2, 0.25) is 0 Å². The lowest BCUT2D eigenvalue weighted by Gasteiger charge is -2.35. The van der Waals surface area contributed by atoms with Crippen molar-refractivity contribution in [2.75, 3.05) is 26.7 Å². The van der Waals surface area contributed by atoms with E-state index in [-0.39, 0.29) is 42.3 Å². The Morgan fingerprint density at radius 3 is 2.49 bits per heavy atom. The Bertz CT molecular complexity index is 2560. The summed E-state index contributed by atoms with van der Waals surface area (Å²) in [4.78, 5) is 73.9. The maximum Gasteiger partial charge on any atom is 0.321 e. The molecule has 17 heteroatoms. The van der Waals surface area contributed by atoms with Gasteiger partial charge in [0.1, 0.15) is 45.9 Å². The normalized spacial score (nSPS) is 23.9. The highest BCUT2D eigenvalue weighted by atomic mass is 32.2. The van der Waals surface area contributed by atoms with Gasteiger partial charge in [0.25, 0.3) is 15.9 Å². The largest absolute Gasteiger partial charge is 0.497 e. The molecule has 3 aliphatic carbocycles. The average Bonchev–Trinajstić information content (AvgIpc) is 3.95. The van der Waals surface area contributed by atoms with Gasteiger partial charge in [-0.3, -0.25) is 14.4 Å². The topological polar surface area (TPSA) is 180 Å². The fourth-order valence-corrected chi connectivity index (χ4v) is 12.1. The number of hydrogen-bond acceptors (Lipinski definition) is 11. The van der Waals surface area contributed by atoms with Crippen LogP contribution >= 0.6 is 11.3 Å². The van der Waals surface area contributed by atoms with Crippen molar-refractivity contribution >= 4 is 56.0 Å². The van der Waals surface area contributed by atoms with E-state index in [1.54, 1.807) is 41.5 Å². The van der Waals surface area contributed by atoms with Gasteiger partial charge >= 0.3 is 6.03 Å². The molecule has 9 rings (SSSR count). The molecule has 2 saturated carbocycles. The molecule has 2 aromatic carbocycles. The van der Waals surface area contributed by atoms with Crippen molar-refractivity contribution in [1.29, 1.82) is 0 Å². The molecule has 4 fully saturated rings. The molecule has 0 unspecified atom stereocenters. The summed E-state index contributed by atoms with van der Waals surface area (Å²) in [6.45, 7) is 8.54. The number of carbonyl (C=O) groups excluding carboxylic acids is 4. The van der Waals surface area contributed by atoms with Crippen LogP contribution in [0.4, 0.5) is 4.79 Å². The van der Waals surface area contributed by atoms with Crippen molar-refractivity contribution < 1.29 is 37.1 Å². The lowest BCUT2D eigenvalue weighted by atomic mass is 10.0. The van der Waals surface area contributed by atoms with E-state index in [4.69, 9.17) is 19.4 Å². The molecule has 4 aromatic rings. The maximum absolute atomic E-state index is 15.1. The van der Waals surface area contributed by atoms with E-state index < -0.39 is 57.4 Å². The van der Waals surface area contributed by atoms with Gasteiger partial charge in [-0.25, -0.2) is 27.9 Å². The fraction of sp³-hybridized carbons (Fsp3) is 0.478. The first-order valence-electron chi connectivity index (χ1n) is 21.9. The molecule has 332 valence electrons. The molecular weight excluding hydrogens is 843 g/mol. The number of hydrogen-bond donors (Lipinski definition) is 2. The summed E-state index contributed by atoms with van der Waals surface area (Å²) in [5.74, 6) is -1.71. The quantitative estimate of drug-likeness (QED) is 0.154. The van der Waals surface area contributed by atoms with Crippen LogP contribution in [0.15, 0.2) is 72.1 Å². The van der Waals surface area contributed by atoms with E-state index in [0.29, 0.717) is 41.2 Å². The summed E-state index contributed by atoms with van der Waals surface area (Å²) in [6.07, 6.45) is 7.93. The molecule has 2 saturated heterocycles. The van der Waals surface area contributed by atoms with E-state index in [9.17, 15) is 22.8 Å². The number of thiazole rings is 1. The second-order valence-electron chi connectivity index (χ2n) is 17.7. The Balaban J connectivity index is 1.04. The summed E-state index contributed by atoms with van der Waals surface area (Å²) >= 11 is 1.62. The van der Waals surface area contributed by atoms with Crippen LogP contribution in [0.25, 0.3) is 21.6 Å². The van der Waals surface area contributed by atoms with Gasteiger partial charge in [0.05, 0.1) is 29.8 Å². The van der Waals surface area contributed by atoms with Crippen molar-refractivity contribution in [1.82, 2.24) is 34.7 Å². The average molecular weight is 896 g/mol. The number of aryl methyl sites for hydroxylation is 2. The number of likely N-dealkylation sites (tertiary alicyclic amines) is 1. The molecule has 2 aliphatic heterocycles. The highest BCUT2D eigenvalue weighted by molar-refractivity contribution is 7.90. The first kappa shape index (κ1) is 42.7. The molecule has 0 radical (unpaired) electrons.